The van der Waals surface area contributed by atoms with E-state index >= 15 is 0 Å². The molecule has 9 heteroatoms. The normalized spacial score (nSPS) is 20.8. The number of hydrogen-bond acceptors (Lipinski definition) is 8. The van der Waals surface area contributed by atoms with Crippen LogP contribution in [-0.2, 0) is 9.84 Å². The molecule has 3 heterocycles. The van der Waals surface area contributed by atoms with E-state index in [0.29, 0.717) is 24.7 Å². The largest absolute Gasteiger partial charge is 0.369 e. The minimum absolute atomic E-state index is 0.133. The molecule has 1 unspecified atom stereocenters. The van der Waals surface area contributed by atoms with Crippen molar-refractivity contribution >= 4 is 43.2 Å². The molecule has 1 atom stereocenters. The van der Waals surface area contributed by atoms with Gasteiger partial charge in [0, 0.05) is 11.4 Å². The lowest BCUT2D eigenvalue weighted by Crippen LogP contribution is -2.17. The monoisotopic (exact) mass is 327 g/mol. The Balaban J connectivity index is 1.83. The lowest BCUT2D eigenvalue weighted by Gasteiger charge is -2.11. The zero-order valence-corrected chi connectivity index (χ0v) is 13.2. The molecule has 0 saturated carbocycles. The van der Waals surface area contributed by atoms with Gasteiger partial charge in [-0.2, -0.15) is 4.98 Å². The second-order valence-corrected chi connectivity index (χ2v) is 8.73. The average molecular weight is 327 g/mol. The fourth-order valence-corrected chi connectivity index (χ4v) is 5.26. The smallest absolute Gasteiger partial charge is 0.240 e. The first-order chi connectivity index (χ1) is 9.97. The molecule has 7 nitrogen and oxygen atoms in total. The highest BCUT2D eigenvalue weighted by Crippen LogP contribution is 2.30. The first kappa shape index (κ1) is 14.5. The van der Waals surface area contributed by atoms with Crippen molar-refractivity contribution in [3.8, 4) is 0 Å². The number of hydrogen-bond donors (Lipinski definition) is 3. The standard InChI is InChI=1S/C12H17N5O2S2/c1-7-4-9-10(15-12(17-13)16-11(9)20-7)14-5-8-2-3-21(18,19)6-8/h4,8H,2-3,5-6,13H2,1H3,(H2,14,15,16,17). The van der Waals surface area contributed by atoms with Crippen molar-refractivity contribution in [2.24, 2.45) is 11.8 Å². The van der Waals surface area contributed by atoms with Crippen LogP contribution in [-0.4, -0.2) is 36.4 Å². The quantitative estimate of drug-likeness (QED) is 0.570. The van der Waals surface area contributed by atoms with Crippen molar-refractivity contribution in [2.45, 2.75) is 13.3 Å². The molecule has 0 radical (unpaired) electrons. The lowest BCUT2D eigenvalue weighted by molar-refractivity contribution is 0.596. The SMILES string of the molecule is Cc1cc2c(NCC3CCS(=O)(=O)C3)nc(NN)nc2s1. The van der Waals surface area contributed by atoms with Crippen LogP contribution < -0.4 is 16.6 Å². The average Bonchev–Trinajstić information content (AvgIpc) is 2.97. The summed E-state index contributed by atoms with van der Waals surface area (Å²) in [5.41, 5.74) is 2.46. The van der Waals surface area contributed by atoms with Gasteiger partial charge in [-0.3, -0.25) is 5.43 Å². The molecular formula is C12H17N5O2S2. The summed E-state index contributed by atoms with van der Waals surface area (Å²) in [6, 6.07) is 2.02. The topological polar surface area (TPSA) is 110 Å². The molecule has 0 bridgehead atoms. The summed E-state index contributed by atoms with van der Waals surface area (Å²) >= 11 is 1.57. The van der Waals surface area contributed by atoms with Gasteiger partial charge in [-0.05, 0) is 25.3 Å². The molecule has 0 amide bonds. The number of rotatable bonds is 4. The Morgan fingerprint density at radius 1 is 1.48 bits per heavy atom. The third-order valence-electron chi connectivity index (χ3n) is 3.53. The molecule has 1 aliphatic heterocycles. The zero-order valence-electron chi connectivity index (χ0n) is 11.6. The Kier molecular flexibility index (Phi) is 3.72. The highest BCUT2D eigenvalue weighted by atomic mass is 32.2. The van der Waals surface area contributed by atoms with Crippen LogP contribution >= 0.6 is 11.3 Å². The van der Waals surface area contributed by atoms with E-state index in [2.05, 4.69) is 20.7 Å². The van der Waals surface area contributed by atoms with Crippen molar-refractivity contribution in [1.29, 1.82) is 0 Å². The van der Waals surface area contributed by atoms with Crippen molar-refractivity contribution in [3.63, 3.8) is 0 Å². The molecule has 21 heavy (non-hydrogen) atoms. The molecule has 1 aliphatic rings. The molecule has 4 N–H and O–H groups in total. The van der Waals surface area contributed by atoms with E-state index in [0.717, 1.165) is 15.1 Å². The number of aromatic nitrogens is 2. The number of fused-ring (bicyclic) bond motifs is 1. The van der Waals surface area contributed by atoms with Crippen molar-refractivity contribution in [1.82, 2.24) is 9.97 Å². The molecule has 1 fully saturated rings. The van der Waals surface area contributed by atoms with Crippen LogP contribution in [0.2, 0.25) is 0 Å². The Morgan fingerprint density at radius 2 is 2.29 bits per heavy atom. The number of nitrogens with zero attached hydrogens (tertiary/aromatic N) is 2. The van der Waals surface area contributed by atoms with Crippen LogP contribution in [0.25, 0.3) is 10.2 Å². The molecule has 3 rings (SSSR count). The van der Waals surface area contributed by atoms with Crippen LogP contribution in [0.4, 0.5) is 11.8 Å². The summed E-state index contributed by atoms with van der Waals surface area (Å²) in [6.07, 6.45) is 0.703. The van der Waals surface area contributed by atoms with Gasteiger partial charge in [0.2, 0.25) is 5.95 Å². The number of sulfone groups is 1. The van der Waals surface area contributed by atoms with Crippen LogP contribution in [0.3, 0.4) is 0 Å². The van der Waals surface area contributed by atoms with Gasteiger partial charge in [0.25, 0.3) is 0 Å². The van der Waals surface area contributed by atoms with Gasteiger partial charge in [-0.1, -0.05) is 0 Å². The Bertz CT molecular complexity index is 771. The number of hydrazine groups is 1. The summed E-state index contributed by atoms with van der Waals surface area (Å²) in [6.45, 7) is 2.60. The Morgan fingerprint density at radius 3 is 2.95 bits per heavy atom. The van der Waals surface area contributed by atoms with Gasteiger partial charge in [-0.15, -0.1) is 11.3 Å². The third kappa shape index (κ3) is 3.09. The van der Waals surface area contributed by atoms with E-state index in [-0.39, 0.29) is 17.4 Å². The number of nitrogen functional groups attached to an aromatic ring is 1. The molecule has 0 aliphatic carbocycles. The first-order valence-electron chi connectivity index (χ1n) is 6.66. The molecule has 114 valence electrons. The van der Waals surface area contributed by atoms with Crippen molar-refractivity contribution in [2.75, 3.05) is 28.8 Å². The van der Waals surface area contributed by atoms with Gasteiger partial charge in [0.1, 0.15) is 10.6 Å². The zero-order chi connectivity index (χ0) is 15.0. The maximum atomic E-state index is 11.5. The molecule has 0 spiro atoms. The Hall–Kier alpha value is -1.45. The van der Waals surface area contributed by atoms with Gasteiger partial charge >= 0.3 is 0 Å². The van der Waals surface area contributed by atoms with E-state index < -0.39 is 9.84 Å². The second-order valence-electron chi connectivity index (χ2n) is 5.27. The van der Waals surface area contributed by atoms with E-state index in [1.165, 1.54) is 0 Å². The van der Waals surface area contributed by atoms with Crippen LogP contribution in [0.5, 0.6) is 0 Å². The molecule has 0 aromatic carbocycles. The maximum Gasteiger partial charge on any atom is 0.240 e. The fourth-order valence-electron chi connectivity index (χ4n) is 2.52. The summed E-state index contributed by atoms with van der Waals surface area (Å²) in [7, 11) is -2.85. The van der Waals surface area contributed by atoms with Crippen LogP contribution in [0.15, 0.2) is 6.07 Å². The predicted octanol–water partition coefficient (Wildman–Crippen LogP) is 1.13. The van der Waals surface area contributed by atoms with E-state index in [9.17, 15) is 8.42 Å². The molecule has 2 aromatic rings. The number of nitrogens with one attached hydrogen (secondary N) is 2. The van der Waals surface area contributed by atoms with Gasteiger partial charge < -0.3 is 5.32 Å². The minimum Gasteiger partial charge on any atom is -0.369 e. The van der Waals surface area contributed by atoms with Crippen LogP contribution in [0, 0.1) is 12.8 Å². The number of nitrogens with two attached hydrogens (primary N) is 1. The minimum atomic E-state index is -2.85. The molecular weight excluding hydrogens is 310 g/mol. The highest BCUT2D eigenvalue weighted by molar-refractivity contribution is 7.91. The van der Waals surface area contributed by atoms with Gasteiger partial charge in [0.15, 0.2) is 9.84 Å². The van der Waals surface area contributed by atoms with E-state index in [1.807, 2.05) is 13.0 Å². The molecule has 2 aromatic heterocycles. The first-order valence-corrected chi connectivity index (χ1v) is 9.30. The van der Waals surface area contributed by atoms with Gasteiger partial charge in [-0.25, -0.2) is 19.2 Å². The van der Waals surface area contributed by atoms with Crippen molar-refractivity contribution < 1.29 is 8.42 Å². The third-order valence-corrected chi connectivity index (χ3v) is 6.31. The van der Waals surface area contributed by atoms with Crippen LogP contribution in [0.1, 0.15) is 11.3 Å². The van der Waals surface area contributed by atoms with E-state index in [4.69, 9.17) is 5.84 Å². The summed E-state index contributed by atoms with van der Waals surface area (Å²) < 4.78 is 23.0. The fraction of sp³-hybridized carbons (Fsp3) is 0.500. The van der Waals surface area contributed by atoms with Gasteiger partial charge in [0.05, 0.1) is 16.9 Å². The summed E-state index contributed by atoms with van der Waals surface area (Å²) in [4.78, 5) is 10.6. The second kappa shape index (κ2) is 5.39. The maximum absolute atomic E-state index is 11.5. The number of aryl methyl sites for hydroxylation is 1. The number of anilines is 2. The highest BCUT2D eigenvalue weighted by Gasteiger charge is 2.27. The predicted molar refractivity (Wildman–Crippen MR) is 85.2 cm³/mol. The Labute approximate surface area is 126 Å². The summed E-state index contributed by atoms with van der Waals surface area (Å²) in [5, 5.41) is 4.19. The number of thiophene rings is 1. The van der Waals surface area contributed by atoms with Crippen molar-refractivity contribution in [3.05, 3.63) is 10.9 Å². The summed E-state index contributed by atoms with van der Waals surface area (Å²) in [5.74, 6) is 7.11. The molecule has 1 saturated heterocycles. The van der Waals surface area contributed by atoms with E-state index in [1.54, 1.807) is 11.3 Å². The lowest BCUT2D eigenvalue weighted by atomic mass is 10.1.